The molecule has 85 heavy (non-hydrogen) atoms. The molecule has 10 aliphatic rings. The molecule has 13 unspecified atom stereocenters. The monoisotopic (exact) mass is 1200 g/mol. The third-order valence-electron chi connectivity index (χ3n) is 18.9. The van der Waals surface area contributed by atoms with E-state index < -0.39 is 28.4 Å². The molecule has 26 nitrogen and oxygen atoms in total. The average molecular weight is 1200 g/mol. The number of aliphatic imine (C=N–C) groups is 6. The Morgan fingerprint density at radius 2 is 1.38 bits per heavy atom. The van der Waals surface area contributed by atoms with Crippen LogP contribution in [0.15, 0.2) is 108 Å². The lowest BCUT2D eigenvalue weighted by atomic mass is 9.64. The Morgan fingerprint density at radius 3 is 1.99 bits per heavy atom. The molecule has 2 aromatic rings. The number of benzene rings is 2. The van der Waals surface area contributed by atoms with Gasteiger partial charge in [-0.05, 0) is 130 Å². The van der Waals surface area contributed by atoms with Gasteiger partial charge in [-0.15, -0.1) is 4.99 Å². The summed E-state index contributed by atoms with van der Waals surface area (Å²) in [7, 11) is 0. The highest BCUT2D eigenvalue weighted by Crippen LogP contribution is 2.60. The number of hydrogen-bond acceptors (Lipinski definition) is 14. The number of hydrogen-bond donors (Lipinski definition) is 9. The molecule has 450 valence electrons. The van der Waals surface area contributed by atoms with Crippen LogP contribution in [0.5, 0.6) is 5.75 Å². The second-order valence-corrected chi connectivity index (χ2v) is 25.9. The zero-order chi connectivity index (χ0) is 60.0. The van der Waals surface area contributed by atoms with Gasteiger partial charge in [0.2, 0.25) is 41.5 Å². The first-order chi connectivity index (χ1) is 41.0. The summed E-state index contributed by atoms with van der Waals surface area (Å²) in [5.74, 6) is 8.15. The van der Waals surface area contributed by atoms with Crippen LogP contribution in [0.25, 0.3) is 0 Å². The summed E-state index contributed by atoms with van der Waals surface area (Å²) in [5.41, 5.74) is 35.0. The van der Waals surface area contributed by atoms with Crippen LogP contribution in [-0.4, -0.2) is 146 Å². The Labute approximate surface area is 501 Å². The van der Waals surface area contributed by atoms with Crippen molar-refractivity contribution in [2.45, 2.75) is 99.0 Å². The SMILES string of the molecule is N#CN=C(N)NC12CCC3CC(CC3C1)C2N=C(N)NC#N.NC(=NC1C2CC3CCC1(N=C(N)N=C(N)N1CCSCC1)CC3C2)N=C(N)N1CCSCC1.O=COC12C([N+](=O)[O-])=CC=CC1C(=O)N(c1ccc(O)cc1)C2c1ccccc1. The van der Waals surface area contributed by atoms with Crippen molar-refractivity contribution in [2.75, 3.05) is 54.1 Å². The van der Waals surface area contributed by atoms with Crippen LogP contribution in [0.1, 0.15) is 75.8 Å². The molecule has 15 N–H and O–H groups in total. The number of nitrogens with two attached hydrogens (primary N) is 6. The number of nitriles is 2. The van der Waals surface area contributed by atoms with Crippen molar-refractivity contribution in [3.05, 3.63) is 94.2 Å². The summed E-state index contributed by atoms with van der Waals surface area (Å²) in [4.78, 5) is 68.9. The summed E-state index contributed by atoms with van der Waals surface area (Å²) in [6.45, 7) is 3.71. The third-order valence-corrected chi connectivity index (χ3v) is 20.8. The quantitative estimate of drug-likeness (QED) is 0.0331. The van der Waals surface area contributed by atoms with Crippen LogP contribution >= 0.6 is 23.5 Å². The van der Waals surface area contributed by atoms with Crippen molar-refractivity contribution in [1.29, 1.82) is 10.5 Å². The van der Waals surface area contributed by atoms with E-state index in [9.17, 15) is 24.8 Å². The number of anilines is 1. The number of guanidine groups is 6. The number of rotatable bonds is 9. The molecule has 1 amide bonds. The number of carbonyl (C=O) groups is 2. The number of aromatic hydroxyl groups is 1. The zero-order valence-corrected chi connectivity index (χ0v) is 48.8. The number of nitro groups is 1. The number of phenols is 1. The standard InChI is InChI=1S/C22H38N10S2.C21H16N2O6.C14H20N8/c23-18(28-20(25)31-3-7-33-8-4-31)27-17-15-11-14-1-2-22(17,13-16(14)12-15)30-19(24)29-21(26)32-5-9-34-10-6-32;24-13-29-21-17(7-4-8-18(21)23(27)28)20(26)22(15-9-11-16(25)12-10-15)19(21)14-5-2-1-3-6-14;15-6-19-12(17)21-11-9-3-8-1-2-14(11,5-10(8)4-9)22-13(18)20-7-16/h14-17H,1-13H2,(H4,23,25,27,28)(H4,24,26,29,30);1-13,17,19,25H;8-11H,1-5H2,(H3,17,19,21)(H3,18,20,22). The van der Waals surface area contributed by atoms with E-state index in [1.54, 1.807) is 42.7 Å². The predicted molar refractivity (Wildman–Crippen MR) is 328 cm³/mol. The second-order valence-electron chi connectivity index (χ2n) is 23.4. The van der Waals surface area contributed by atoms with Crippen LogP contribution in [0, 0.1) is 74.4 Å². The van der Waals surface area contributed by atoms with Crippen LogP contribution in [-0.2, 0) is 14.3 Å². The van der Waals surface area contributed by atoms with Crippen molar-refractivity contribution in [3.8, 4) is 18.1 Å². The molecule has 6 bridgehead atoms. The summed E-state index contributed by atoms with van der Waals surface area (Å²) in [6.07, 6.45) is 18.5. The molecule has 12 rings (SSSR count). The molecule has 3 aliphatic heterocycles. The molecule has 0 aromatic heterocycles. The molecule has 7 aliphatic carbocycles. The number of fused-ring (bicyclic) bond motifs is 5. The van der Waals surface area contributed by atoms with Crippen molar-refractivity contribution < 1.29 is 24.4 Å². The van der Waals surface area contributed by atoms with Crippen molar-refractivity contribution in [3.63, 3.8) is 0 Å². The second kappa shape index (κ2) is 25.5. The van der Waals surface area contributed by atoms with E-state index in [0.717, 1.165) is 112 Å². The first-order valence-corrected chi connectivity index (χ1v) is 31.2. The summed E-state index contributed by atoms with van der Waals surface area (Å²) < 4.78 is 5.43. The molecule has 2 aromatic carbocycles. The van der Waals surface area contributed by atoms with E-state index in [1.807, 2.05) is 23.5 Å². The molecule has 13 atom stereocenters. The number of nitrogens with zero attached hydrogens (tertiary/aromatic N) is 12. The van der Waals surface area contributed by atoms with E-state index in [-0.39, 0.29) is 64.9 Å². The maximum absolute atomic E-state index is 13.4. The van der Waals surface area contributed by atoms with Crippen molar-refractivity contribution >= 4 is 77.3 Å². The van der Waals surface area contributed by atoms with Crippen molar-refractivity contribution in [1.82, 2.24) is 20.4 Å². The lowest BCUT2D eigenvalue weighted by Crippen LogP contribution is -2.63. The average Bonchev–Trinajstić information content (AvgIpc) is 1.69. The summed E-state index contributed by atoms with van der Waals surface area (Å²) >= 11 is 3.87. The van der Waals surface area contributed by atoms with Gasteiger partial charge in [-0.25, -0.2) is 15.0 Å². The fourth-order valence-electron chi connectivity index (χ4n) is 15.6. The Balaban J connectivity index is 0.000000145. The van der Waals surface area contributed by atoms with Crippen molar-refractivity contribution in [2.24, 2.45) is 106 Å². The van der Waals surface area contributed by atoms with Crippen LogP contribution in [0.3, 0.4) is 0 Å². The smallest absolute Gasteiger partial charge is 0.294 e. The summed E-state index contributed by atoms with van der Waals surface area (Å²) in [5, 5.41) is 44.5. The minimum atomic E-state index is -1.84. The highest BCUT2D eigenvalue weighted by atomic mass is 32.2. The van der Waals surface area contributed by atoms with Gasteiger partial charge in [0.1, 0.15) is 17.7 Å². The lowest BCUT2D eigenvalue weighted by Gasteiger charge is -2.49. The number of allylic oxidation sites excluding steroid dienone is 2. The minimum absolute atomic E-state index is 0.0127. The Morgan fingerprint density at radius 1 is 0.776 bits per heavy atom. The van der Waals surface area contributed by atoms with Crippen LogP contribution in [0.4, 0.5) is 5.69 Å². The lowest BCUT2D eigenvalue weighted by molar-refractivity contribution is -0.446. The van der Waals surface area contributed by atoms with Gasteiger partial charge in [-0.3, -0.25) is 29.9 Å². The number of phenolic OH excluding ortho intramolecular Hbond substituents is 1. The molecule has 9 fully saturated rings. The van der Waals surface area contributed by atoms with Crippen LogP contribution in [0.2, 0.25) is 0 Å². The normalized spacial score (nSPS) is 33.9. The number of thioether (sulfide) groups is 2. The molecule has 28 heteroatoms. The van der Waals surface area contributed by atoms with Gasteiger partial charge in [0.05, 0.1) is 28.1 Å². The number of carbonyl (C=O) groups excluding carboxylic acids is 2. The molecule has 3 saturated heterocycles. The van der Waals surface area contributed by atoms with E-state index in [0.29, 0.717) is 46.8 Å². The number of amides is 1. The van der Waals surface area contributed by atoms with E-state index >= 15 is 0 Å². The molecule has 0 spiro atoms. The zero-order valence-electron chi connectivity index (χ0n) is 47.1. The van der Waals surface area contributed by atoms with Gasteiger partial charge in [-0.2, -0.15) is 44.0 Å². The number of nitrogens with one attached hydrogen (secondary N) is 2. The van der Waals surface area contributed by atoms with Gasteiger partial charge in [-0.1, -0.05) is 42.5 Å². The highest BCUT2D eigenvalue weighted by molar-refractivity contribution is 7.99. The summed E-state index contributed by atoms with van der Waals surface area (Å²) in [6, 6.07) is 13.5. The third kappa shape index (κ3) is 12.2. The maximum atomic E-state index is 13.4. The van der Waals surface area contributed by atoms with Gasteiger partial charge < -0.3 is 59.4 Å². The minimum Gasteiger partial charge on any atom is -0.508 e. The Kier molecular flexibility index (Phi) is 18.0. The highest BCUT2D eigenvalue weighted by Gasteiger charge is 2.69. The van der Waals surface area contributed by atoms with Gasteiger partial charge in [0, 0.05) is 61.0 Å². The predicted octanol–water partition coefficient (Wildman–Crippen LogP) is 2.73. The molecule has 6 saturated carbocycles. The molecule has 3 heterocycles. The molecular weight excluding hydrogens is 1120 g/mol. The molecular formula is C57H74N20O6S2. The fraction of sp³-hybridized carbons (Fsp3) is 0.544. The van der Waals surface area contributed by atoms with E-state index in [2.05, 4.69) is 40.4 Å². The first kappa shape index (κ1) is 59.9. The maximum Gasteiger partial charge on any atom is 0.294 e. The first-order valence-electron chi connectivity index (χ1n) is 28.8. The topological polar surface area (TPSA) is 418 Å². The Bertz CT molecular complexity index is 3170. The fourth-order valence-corrected chi connectivity index (χ4v) is 17.4. The molecule has 0 radical (unpaired) electrons. The van der Waals surface area contributed by atoms with E-state index in [4.69, 9.17) is 59.6 Å². The van der Waals surface area contributed by atoms with Gasteiger partial charge in [0.15, 0.2) is 18.1 Å². The largest absolute Gasteiger partial charge is 0.508 e. The van der Waals surface area contributed by atoms with Gasteiger partial charge >= 0.3 is 0 Å². The Hall–Kier alpha value is -8.24. The van der Waals surface area contributed by atoms with Gasteiger partial charge in [0.25, 0.3) is 12.2 Å². The van der Waals surface area contributed by atoms with E-state index in [1.165, 1.54) is 60.2 Å². The number of ether oxygens (including phenoxy) is 1. The van der Waals surface area contributed by atoms with Crippen LogP contribution < -0.4 is 49.9 Å².